The minimum absolute atomic E-state index is 0.0428. The lowest BCUT2D eigenvalue weighted by molar-refractivity contribution is -0.155. The molecule has 0 radical (unpaired) electrons. The number of rotatable bonds is 5. The molecule has 10 heteroatoms. The van der Waals surface area contributed by atoms with Crippen LogP contribution in [0.15, 0.2) is 24.3 Å². The van der Waals surface area contributed by atoms with Gasteiger partial charge in [0.15, 0.2) is 6.61 Å². The number of benzene rings is 1. The molecule has 1 aromatic heterocycles. The van der Waals surface area contributed by atoms with Crippen molar-refractivity contribution in [3.63, 3.8) is 0 Å². The average Bonchev–Trinajstić information content (AvgIpc) is 3.38. The van der Waals surface area contributed by atoms with Crippen molar-refractivity contribution in [2.45, 2.75) is 69.2 Å². The monoisotopic (exact) mass is 484 g/mol. The number of carbonyl (C=O) groups excluding carboxylic acids is 4. The third kappa shape index (κ3) is 4.26. The van der Waals surface area contributed by atoms with E-state index in [1.807, 2.05) is 24.3 Å². The van der Waals surface area contributed by atoms with Gasteiger partial charge in [0.2, 0.25) is 0 Å². The van der Waals surface area contributed by atoms with E-state index in [4.69, 9.17) is 9.72 Å². The minimum atomic E-state index is -0.925. The summed E-state index contributed by atoms with van der Waals surface area (Å²) in [5.41, 5.74) is 2.31. The second-order valence-corrected chi connectivity index (χ2v) is 10.4. The van der Waals surface area contributed by atoms with Crippen molar-refractivity contribution in [2.75, 3.05) is 6.61 Å². The van der Waals surface area contributed by atoms with Crippen LogP contribution in [0.5, 0.6) is 0 Å². The van der Waals surface area contributed by atoms with Crippen molar-refractivity contribution in [3.05, 3.63) is 29.3 Å². The molecular formula is C24H28N4O5S. The molecule has 1 aliphatic heterocycles. The molecule has 0 bridgehead atoms. The number of nitrogens with zero attached hydrogens (tertiary/aromatic N) is 2. The van der Waals surface area contributed by atoms with Crippen LogP contribution < -0.4 is 10.7 Å². The van der Waals surface area contributed by atoms with Gasteiger partial charge in [0.1, 0.15) is 5.54 Å². The first-order chi connectivity index (χ1) is 16.5. The smallest absolute Gasteiger partial charge is 0.344 e. The molecule has 1 aromatic carbocycles. The van der Waals surface area contributed by atoms with E-state index in [1.54, 1.807) is 11.3 Å². The van der Waals surface area contributed by atoms with Crippen LogP contribution in [-0.4, -0.2) is 46.0 Å². The van der Waals surface area contributed by atoms with Crippen molar-refractivity contribution in [1.29, 1.82) is 0 Å². The van der Waals surface area contributed by atoms with E-state index in [9.17, 15) is 19.2 Å². The largest absolute Gasteiger partial charge is 0.455 e. The standard InChI is InChI=1S/C24H28N4O5S/c29-19(27-28-22(31)24(26-23(28)32)12-6-1-7-13-24)14-33-21(30)16-9-3-2-8-15(16)20-25-17-10-4-5-11-18(17)34-20/h4-5,10-11,15-16H,1-3,6-9,12-14H2,(H,26,32)(H,27,29)/t15-,16-/m1/s1. The normalized spacial score (nSPS) is 24.3. The van der Waals surface area contributed by atoms with Gasteiger partial charge in [0.05, 0.1) is 21.1 Å². The molecule has 3 aliphatic rings. The molecule has 2 aromatic rings. The van der Waals surface area contributed by atoms with E-state index in [0.29, 0.717) is 19.3 Å². The van der Waals surface area contributed by atoms with Crippen LogP contribution in [0, 0.1) is 5.92 Å². The number of hydrogen-bond donors (Lipinski definition) is 2. The van der Waals surface area contributed by atoms with Crippen molar-refractivity contribution >= 4 is 45.4 Å². The highest BCUT2D eigenvalue weighted by Crippen LogP contribution is 2.41. The minimum Gasteiger partial charge on any atom is -0.455 e. The number of aromatic nitrogens is 1. The Labute approximate surface area is 201 Å². The Bertz CT molecular complexity index is 1090. The fourth-order valence-corrected chi connectivity index (χ4v) is 6.54. The first-order valence-electron chi connectivity index (χ1n) is 12.0. The Kier molecular flexibility index (Phi) is 6.24. The van der Waals surface area contributed by atoms with Crippen molar-refractivity contribution in [2.24, 2.45) is 5.92 Å². The Hall–Kier alpha value is -3.01. The average molecular weight is 485 g/mol. The van der Waals surface area contributed by atoms with Crippen LogP contribution in [0.1, 0.15) is 68.7 Å². The van der Waals surface area contributed by atoms with E-state index in [-0.39, 0.29) is 11.8 Å². The van der Waals surface area contributed by atoms with E-state index < -0.39 is 36.0 Å². The molecule has 2 atom stereocenters. The number of imide groups is 1. The molecule has 2 N–H and O–H groups in total. The lowest BCUT2D eigenvalue weighted by atomic mass is 9.79. The van der Waals surface area contributed by atoms with Gasteiger partial charge in [-0.2, -0.15) is 5.01 Å². The molecule has 2 aliphatic carbocycles. The summed E-state index contributed by atoms with van der Waals surface area (Å²) in [7, 11) is 0. The number of hydrazine groups is 1. The molecule has 9 nitrogen and oxygen atoms in total. The van der Waals surface area contributed by atoms with Crippen LogP contribution >= 0.6 is 11.3 Å². The molecule has 1 spiro atoms. The van der Waals surface area contributed by atoms with Gasteiger partial charge in [-0.1, -0.05) is 44.2 Å². The highest BCUT2D eigenvalue weighted by atomic mass is 32.1. The van der Waals surface area contributed by atoms with Crippen LogP contribution in [0.3, 0.4) is 0 Å². The quantitative estimate of drug-likeness (QED) is 0.496. The number of esters is 1. The molecule has 4 amide bonds. The van der Waals surface area contributed by atoms with Gasteiger partial charge in [-0.25, -0.2) is 9.78 Å². The summed E-state index contributed by atoms with van der Waals surface area (Å²) in [6.45, 7) is -0.550. The first kappa shape index (κ1) is 22.8. The number of thiazole rings is 1. The number of hydrogen-bond acceptors (Lipinski definition) is 7. The van der Waals surface area contributed by atoms with Crippen molar-refractivity contribution in [3.8, 4) is 0 Å². The topological polar surface area (TPSA) is 118 Å². The summed E-state index contributed by atoms with van der Waals surface area (Å²) in [5, 5.41) is 4.38. The number of amides is 4. The van der Waals surface area contributed by atoms with Gasteiger partial charge < -0.3 is 10.1 Å². The molecule has 3 fully saturated rings. The summed E-state index contributed by atoms with van der Waals surface area (Å²) in [6, 6.07) is 7.25. The summed E-state index contributed by atoms with van der Waals surface area (Å²) in [5.74, 6) is -2.01. The zero-order valence-electron chi connectivity index (χ0n) is 18.9. The number of ether oxygens (including phenoxy) is 1. The first-order valence-corrected chi connectivity index (χ1v) is 12.8. The van der Waals surface area contributed by atoms with Gasteiger partial charge in [0, 0.05) is 5.92 Å². The van der Waals surface area contributed by atoms with E-state index in [1.165, 1.54) is 0 Å². The molecule has 1 saturated heterocycles. The zero-order valence-corrected chi connectivity index (χ0v) is 19.7. The maximum absolute atomic E-state index is 12.9. The number of fused-ring (bicyclic) bond motifs is 1. The number of urea groups is 1. The van der Waals surface area contributed by atoms with Gasteiger partial charge in [-0.05, 0) is 37.8 Å². The third-order valence-corrected chi connectivity index (χ3v) is 8.32. The Morgan fingerprint density at radius 2 is 1.88 bits per heavy atom. The molecule has 34 heavy (non-hydrogen) atoms. The predicted molar refractivity (Wildman–Crippen MR) is 125 cm³/mol. The van der Waals surface area contributed by atoms with Gasteiger partial charge in [-0.3, -0.25) is 19.8 Å². The Morgan fingerprint density at radius 1 is 1.12 bits per heavy atom. The lowest BCUT2D eigenvalue weighted by Gasteiger charge is -2.30. The lowest BCUT2D eigenvalue weighted by Crippen LogP contribution is -2.51. The molecule has 0 unspecified atom stereocenters. The molecule has 180 valence electrons. The zero-order chi connectivity index (χ0) is 23.7. The molecule has 2 saturated carbocycles. The highest BCUT2D eigenvalue weighted by molar-refractivity contribution is 7.18. The maximum atomic E-state index is 12.9. The van der Waals surface area contributed by atoms with E-state index >= 15 is 0 Å². The molecule has 5 rings (SSSR count). The number of carbonyl (C=O) groups is 4. The van der Waals surface area contributed by atoms with Crippen molar-refractivity contribution in [1.82, 2.24) is 20.7 Å². The van der Waals surface area contributed by atoms with Gasteiger partial charge >= 0.3 is 12.0 Å². The Morgan fingerprint density at radius 3 is 2.68 bits per heavy atom. The summed E-state index contributed by atoms with van der Waals surface area (Å²) < 4.78 is 6.43. The SMILES string of the molecule is O=C(COC(=O)[C@@H]1CCCC[C@H]1c1nc2ccccc2s1)NN1C(=O)NC2(CCCCC2)C1=O. The van der Waals surface area contributed by atoms with E-state index in [2.05, 4.69) is 10.7 Å². The molecular weight excluding hydrogens is 456 g/mol. The third-order valence-electron chi connectivity index (χ3n) is 7.15. The second kappa shape index (κ2) is 9.32. The van der Waals surface area contributed by atoms with Crippen LogP contribution in [0.25, 0.3) is 10.2 Å². The fraction of sp³-hybridized carbons (Fsp3) is 0.542. The summed E-state index contributed by atoms with van der Waals surface area (Å²) in [6.07, 6.45) is 7.29. The maximum Gasteiger partial charge on any atom is 0.344 e. The summed E-state index contributed by atoms with van der Waals surface area (Å²) >= 11 is 1.59. The van der Waals surface area contributed by atoms with E-state index in [0.717, 1.165) is 58.8 Å². The van der Waals surface area contributed by atoms with Crippen LogP contribution in [-0.2, 0) is 19.1 Å². The predicted octanol–water partition coefficient (Wildman–Crippen LogP) is 3.40. The summed E-state index contributed by atoms with van der Waals surface area (Å²) in [4.78, 5) is 55.2. The highest BCUT2D eigenvalue weighted by Gasteiger charge is 2.52. The Balaban J connectivity index is 1.19. The van der Waals surface area contributed by atoms with Crippen LogP contribution in [0.2, 0.25) is 0 Å². The fourth-order valence-electron chi connectivity index (χ4n) is 5.37. The van der Waals surface area contributed by atoms with Gasteiger partial charge in [0.25, 0.3) is 11.8 Å². The van der Waals surface area contributed by atoms with Crippen LogP contribution in [0.4, 0.5) is 4.79 Å². The second-order valence-electron chi connectivity index (χ2n) is 9.37. The number of para-hydroxylation sites is 1. The molecule has 2 heterocycles. The van der Waals surface area contributed by atoms with Gasteiger partial charge in [-0.15, -0.1) is 11.3 Å². The van der Waals surface area contributed by atoms with Crippen molar-refractivity contribution < 1.29 is 23.9 Å². The number of nitrogens with one attached hydrogen (secondary N) is 2.